The van der Waals surface area contributed by atoms with E-state index in [0.29, 0.717) is 6.04 Å². The van der Waals surface area contributed by atoms with Gasteiger partial charge in [0.25, 0.3) is 0 Å². The Labute approximate surface area is 138 Å². The van der Waals surface area contributed by atoms with Crippen LogP contribution in [-0.2, 0) is 13.7 Å². The van der Waals surface area contributed by atoms with E-state index in [4.69, 9.17) is 17.2 Å². The summed E-state index contributed by atoms with van der Waals surface area (Å²) in [6.45, 7) is 2.12. The molecule has 1 unspecified atom stereocenters. The molecule has 1 N–H and O–H groups in total. The van der Waals surface area contributed by atoms with Crippen molar-refractivity contribution in [2.45, 2.75) is 25.6 Å². The second kappa shape index (κ2) is 5.61. The van der Waals surface area contributed by atoms with Crippen molar-refractivity contribution >= 4 is 33.8 Å². The molecule has 0 amide bonds. The number of aromatic nitrogens is 3. The van der Waals surface area contributed by atoms with Crippen molar-refractivity contribution in [3.8, 4) is 0 Å². The molecule has 1 saturated heterocycles. The third-order valence-corrected chi connectivity index (χ3v) is 6.16. The lowest BCUT2D eigenvalue weighted by Crippen LogP contribution is -3.09. The Kier molecular flexibility index (Phi) is 3.60. The van der Waals surface area contributed by atoms with Gasteiger partial charge in [0.1, 0.15) is 6.04 Å². The van der Waals surface area contributed by atoms with Gasteiger partial charge in [-0.2, -0.15) is 0 Å². The van der Waals surface area contributed by atoms with Crippen LogP contribution in [0.4, 0.5) is 0 Å². The first-order valence-corrected chi connectivity index (χ1v) is 8.86. The molecule has 4 rings (SSSR count). The Morgan fingerprint density at radius 3 is 3.00 bits per heavy atom. The molecule has 1 aromatic carbocycles. The van der Waals surface area contributed by atoms with E-state index in [2.05, 4.69) is 35.0 Å². The zero-order chi connectivity index (χ0) is 15.1. The highest BCUT2D eigenvalue weighted by atomic mass is 32.1. The van der Waals surface area contributed by atoms with Crippen molar-refractivity contribution in [3.05, 3.63) is 46.4 Å². The zero-order valence-electron chi connectivity index (χ0n) is 12.5. The molecule has 0 spiro atoms. The fourth-order valence-corrected chi connectivity index (χ4v) is 4.63. The van der Waals surface area contributed by atoms with Crippen LogP contribution in [0.2, 0.25) is 0 Å². The van der Waals surface area contributed by atoms with Gasteiger partial charge in [0, 0.05) is 32.3 Å². The minimum atomic E-state index is 0.500. The van der Waals surface area contributed by atoms with Gasteiger partial charge in [-0.05, 0) is 24.4 Å². The van der Waals surface area contributed by atoms with Crippen LogP contribution in [-0.4, -0.2) is 20.7 Å². The second-order valence-electron chi connectivity index (χ2n) is 5.94. The number of thiazole rings is 1. The number of quaternary nitrogens is 1. The number of imidazole rings is 1. The number of para-hydroxylation sites is 1. The summed E-state index contributed by atoms with van der Waals surface area (Å²) < 4.78 is 6.36. The van der Waals surface area contributed by atoms with Gasteiger partial charge in [0.15, 0.2) is 16.4 Å². The number of nitrogens with zero attached hydrogens (tertiary/aromatic N) is 3. The lowest BCUT2D eigenvalue weighted by molar-refractivity contribution is -0.940. The van der Waals surface area contributed by atoms with E-state index in [-0.39, 0.29) is 0 Å². The molecule has 1 aliphatic heterocycles. The van der Waals surface area contributed by atoms with Gasteiger partial charge in [-0.3, -0.25) is 4.57 Å². The van der Waals surface area contributed by atoms with Crippen LogP contribution in [0.15, 0.2) is 36.7 Å². The van der Waals surface area contributed by atoms with Crippen LogP contribution in [0.5, 0.6) is 0 Å². The standard InChI is InChI=1S/C16H18N4S2/c1-18-9-10-20(16(18)21)11-19-8-4-6-13(19)15-17-12-5-2-3-7-14(12)22-15/h2-3,5,7,9-10,13H,4,6,8,11H2,1H3/p+1/t13-/m0/s1. The number of nitrogens with one attached hydrogen (secondary N) is 1. The van der Waals surface area contributed by atoms with Gasteiger partial charge in [-0.25, -0.2) is 4.98 Å². The molecule has 2 atom stereocenters. The molecule has 3 aromatic rings. The van der Waals surface area contributed by atoms with Crippen LogP contribution in [0.3, 0.4) is 0 Å². The average Bonchev–Trinajstić information content (AvgIpc) is 3.22. The van der Waals surface area contributed by atoms with E-state index in [0.717, 1.165) is 17.0 Å². The number of hydrogen-bond acceptors (Lipinski definition) is 3. The van der Waals surface area contributed by atoms with Crippen LogP contribution in [0.25, 0.3) is 10.2 Å². The molecule has 6 heteroatoms. The topological polar surface area (TPSA) is 27.2 Å². The van der Waals surface area contributed by atoms with E-state index in [9.17, 15) is 0 Å². The molecule has 0 aliphatic carbocycles. The molecule has 4 nitrogen and oxygen atoms in total. The molecule has 2 aromatic heterocycles. The molecule has 114 valence electrons. The number of likely N-dealkylation sites (tertiary alicyclic amines) is 1. The Balaban J connectivity index is 1.63. The van der Waals surface area contributed by atoms with Gasteiger partial charge in [-0.1, -0.05) is 12.1 Å². The minimum Gasteiger partial charge on any atom is -0.327 e. The third kappa shape index (κ3) is 2.41. The monoisotopic (exact) mass is 331 g/mol. The maximum absolute atomic E-state index is 5.47. The number of rotatable bonds is 3. The maximum atomic E-state index is 5.47. The van der Waals surface area contributed by atoms with Crippen molar-refractivity contribution in [2.75, 3.05) is 6.54 Å². The molecule has 1 aliphatic rings. The van der Waals surface area contributed by atoms with E-state index in [1.54, 1.807) is 4.90 Å². The average molecular weight is 331 g/mol. The van der Waals surface area contributed by atoms with Gasteiger partial charge in [-0.15, -0.1) is 11.3 Å². The molecule has 0 saturated carbocycles. The molecule has 1 fully saturated rings. The van der Waals surface area contributed by atoms with Crippen LogP contribution in [0, 0.1) is 4.77 Å². The number of hydrogen-bond donors (Lipinski definition) is 1. The Hall–Kier alpha value is -1.50. The van der Waals surface area contributed by atoms with Gasteiger partial charge < -0.3 is 9.47 Å². The maximum Gasteiger partial charge on any atom is 0.183 e. The number of aryl methyl sites for hydroxylation is 1. The van der Waals surface area contributed by atoms with Crippen LogP contribution < -0.4 is 4.90 Å². The van der Waals surface area contributed by atoms with Crippen molar-refractivity contribution in [1.82, 2.24) is 14.1 Å². The van der Waals surface area contributed by atoms with E-state index in [1.807, 2.05) is 29.1 Å². The third-order valence-electron chi connectivity index (χ3n) is 4.48. The summed E-state index contributed by atoms with van der Waals surface area (Å²) in [5.74, 6) is 0. The number of fused-ring (bicyclic) bond motifs is 1. The Bertz CT molecular complexity index is 827. The van der Waals surface area contributed by atoms with Gasteiger partial charge >= 0.3 is 0 Å². The van der Waals surface area contributed by atoms with Gasteiger partial charge in [0.05, 0.1) is 16.8 Å². The van der Waals surface area contributed by atoms with Crippen molar-refractivity contribution in [3.63, 3.8) is 0 Å². The summed E-state index contributed by atoms with van der Waals surface area (Å²) in [7, 11) is 2.00. The predicted molar refractivity (Wildman–Crippen MR) is 91.7 cm³/mol. The van der Waals surface area contributed by atoms with Crippen LogP contribution >= 0.6 is 23.6 Å². The lowest BCUT2D eigenvalue weighted by Gasteiger charge is -2.20. The first-order chi connectivity index (χ1) is 10.7. The van der Waals surface area contributed by atoms with Crippen molar-refractivity contribution in [2.24, 2.45) is 7.05 Å². The largest absolute Gasteiger partial charge is 0.327 e. The van der Waals surface area contributed by atoms with E-state index >= 15 is 0 Å². The molecular weight excluding hydrogens is 312 g/mol. The molecular formula is C16H19N4S2+. The van der Waals surface area contributed by atoms with Crippen molar-refractivity contribution < 1.29 is 4.90 Å². The molecule has 0 bridgehead atoms. The fourth-order valence-electron chi connectivity index (χ4n) is 3.29. The first-order valence-electron chi connectivity index (χ1n) is 7.64. The highest BCUT2D eigenvalue weighted by Gasteiger charge is 2.32. The fraction of sp³-hybridized carbons (Fsp3) is 0.375. The normalized spacial score (nSPS) is 21.7. The lowest BCUT2D eigenvalue weighted by atomic mass is 10.2. The van der Waals surface area contributed by atoms with Crippen molar-refractivity contribution in [1.29, 1.82) is 0 Å². The van der Waals surface area contributed by atoms with Gasteiger partial charge in [0.2, 0.25) is 0 Å². The summed E-state index contributed by atoms with van der Waals surface area (Å²) in [4.78, 5) is 6.44. The Morgan fingerprint density at radius 1 is 1.36 bits per heavy atom. The smallest absolute Gasteiger partial charge is 0.183 e. The second-order valence-corrected chi connectivity index (χ2v) is 7.37. The Morgan fingerprint density at radius 2 is 2.23 bits per heavy atom. The first kappa shape index (κ1) is 14.1. The van der Waals surface area contributed by atoms with E-state index in [1.165, 1.54) is 29.1 Å². The highest BCUT2D eigenvalue weighted by molar-refractivity contribution is 7.71. The minimum absolute atomic E-state index is 0.500. The number of benzene rings is 1. The van der Waals surface area contributed by atoms with E-state index < -0.39 is 0 Å². The summed E-state index contributed by atoms with van der Waals surface area (Å²) in [5, 5.41) is 1.27. The quantitative estimate of drug-likeness (QED) is 0.747. The summed E-state index contributed by atoms with van der Waals surface area (Å²) in [5.41, 5.74) is 1.13. The molecule has 0 radical (unpaired) electrons. The highest BCUT2D eigenvalue weighted by Crippen LogP contribution is 2.28. The molecule has 22 heavy (non-hydrogen) atoms. The van der Waals surface area contributed by atoms with Crippen LogP contribution in [0.1, 0.15) is 23.9 Å². The summed E-state index contributed by atoms with van der Waals surface area (Å²) in [6, 6.07) is 8.93. The predicted octanol–water partition coefficient (Wildman–Crippen LogP) is 2.54. The summed E-state index contributed by atoms with van der Waals surface area (Å²) >= 11 is 7.31. The SMILES string of the molecule is Cn1ccn(C[NH+]2CCC[C@H]2c2nc3ccccc3s2)c1=S. The molecule has 3 heterocycles. The zero-order valence-corrected chi connectivity index (χ0v) is 14.2. The summed E-state index contributed by atoms with van der Waals surface area (Å²) in [6.07, 6.45) is 6.60.